The molecule has 0 saturated carbocycles. The maximum Gasteiger partial charge on any atom is 0.328 e. The smallest absolute Gasteiger partial charge is 0.328 e. The molecule has 0 unspecified atom stereocenters. The van der Waals surface area contributed by atoms with Crippen molar-refractivity contribution in [1.82, 2.24) is 14.3 Å². The van der Waals surface area contributed by atoms with Gasteiger partial charge in [-0.1, -0.05) is 42.5 Å². The molecular formula is C22H26N4O2S. The van der Waals surface area contributed by atoms with Gasteiger partial charge in [-0.3, -0.25) is 4.79 Å². The second-order valence-electron chi connectivity index (χ2n) is 6.88. The lowest BCUT2D eigenvalue weighted by molar-refractivity contribution is -0.114. The van der Waals surface area contributed by atoms with Gasteiger partial charge in [0, 0.05) is 31.3 Å². The van der Waals surface area contributed by atoms with Crippen LogP contribution in [-0.2, 0) is 11.2 Å². The van der Waals surface area contributed by atoms with Crippen LogP contribution in [0.3, 0.4) is 0 Å². The van der Waals surface area contributed by atoms with E-state index in [4.69, 9.17) is 4.74 Å². The Kier molecular flexibility index (Phi) is 7.72. The van der Waals surface area contributed by atoms with E-state index >= 15 is 0 Å². The minimum Gasteiger partial charge on any atom is -0.463 e. The molecule has 0 aliphatic carbocycles. The van der Waals surface area contributed by atoms with E-state index in [9.17, 15) is 4.79 Å². The number of aromatic nitrogens is 2. The van der Waals surface area contributed by atoms with Crippen LogP contribution in [0.25, 0.3) is 10.6 Å². The average Bonchev–Trinajstić information content (AvgIpc) is 3.20. The van der Waals surface area contributed by atoms with Crippen LogP contribution in [-0.4, -0.2) is 46.9 Å². The maximum atomic E-state index is 11.1. The van der Waals surface area contributed by atoms with Crippen LogP contribution in [0.15, 0.2) is 54.6 Å². The van der Waals surface area contributed by atoms with E-state index < -0.39 is 0 Å². The first-order chi connectivity index (χ1) is 14.1. The number of likely N-dealkylation sites (N-methyl/N-ethyl adjacent to an activating group) is 1. The van der Waals surface area contributed by atoms with Gasteiger partial charge in [-0.05, 0) is 49.1 Å². The molecule has 1 aromatic heterocycles. The maximum absolute atomic E-state index is 11.1. The van der Waals surface area contributed by atoms with Gasteiger partial charge < -0.3 is 15.0 Å². The standard InChI is InChI=1S/C22H26N4O2S/c1-17(27)23-20-11-9-18(10-12-20)13-15-26(2)14-6-16-28-22-24-21(29-25-22)19-7-4-3-5-8-19/h3-5,7-12H,6,13-16H2,1-2H3,(H,23,27). The Hall–Kier alpha value is -2.77. The number of benzene rings is 2. The number of carbonyl (C=O) groups is 1. The molecule has 0 bridgehead atoms. The fourth-order valence-electron chi connectivity index (χ4n) is 2.85. The second-order valence-corrected chi connectivity index (χ2v) is 7.63. The lowest BCUT2D eigenvalue weighted by Gasteiger charge is -2.16. The Morgan fingerprint density at radius 3 is 2.59 bits per heavy atom. The number of ether oxygens (including phenoxy) is 1. The van der Waals surface area contributed by atoms with E-state index in [1.54, 1.807) is 0 Å². The van der Waals surface area contributed by atoms with E-state index in [0.29, 0.717) is 12.6 Å². The molecule has 152 valence electrons. The van der Waals surface area contributed by atoms with Crippen LogP contribution in [0.4, 0.5) is 5.69 Å². The van der Waals surface area contributed by atoms with Gasteiger partial charge in [0.15, 0.2) is 0 Å². The molecule has 6 nitrogen and oxygen atoms in total. The topological polar surface area (TPSA) is 67.4 Å². The SMILES string of the molecule is CC(=O)Nc1ccc(CCN(C)CCCOc2nsc(-c3ccccc3)n2)cc1. The zero-order valence-corrected chi connectivity index (χ0v) is 17.6. The quantitative estimate of drug-likeness (QED) is 0.510. The fourth-order valence-corrected chi connectivity index (χ4v) is 3.47. The van der Waals surface area contributed by atoms with Crippen molar-refractivity contribution in [2.45, 2.75) is 19.8 Å². The molecule has 7 heteroatoms. The van der Waals surface area contributed by atoms with Crippen molar-refractivity contribution in [2.75, 3.05) is 32.1 Å². The molecule has 0 radical (unpaired) electrons. The molecule has 0 aliphatic heterocycles. The highest BCUT2D eigenvalue weighted by molar-refractivity contribution is 7.09. The van der Waals surface area contributed by atoms with Gasteiger partial charge >= 0.3 is 6.01 Å². The van der Waals surface area contributed by atoms with Gasteiger partial charge in [0.2, 0.25) is 5.91 Å². The molecular weight excluding hydrogens is 384 g/mol. The number of hydrogen-bond donors (Lipinski definition) is 1. The number of nitrogens with one attached hydrogen (secondary N) is 1. The molecule has 1 amide bonds. The summed E-state index contributed by atoms with van der Waals surface area (Å²) in [6.45, 7) is 4.02. The van der Waals surface area contributed by atoms with Crippen molar-refractivity contribution in [2.24, 2.45) is 0 Å². The van der Waals surface area contributed by atoms with Gasteiger partial charge in [0.05, 0.1) is 6.61 Å². The molecule has 0 spiro atoms. The molecule has 2 aromatic carbocycles. The zero-order chi connectivity index (χ0) is 20.5. The Bertz CT molecular complexity index is 897. The van der Waals surface area contributed by atoms with Crippen LogP contribution in [0.5, 0.6) is 6.01 Å². The number of carbonyl (C=O) groups excluding carboxylic acids is 1. The Labute approximate surface area is 175 Å². The minimum absolute atomic E-state index is 0.0520. The lowest BCUT2D eigenvalue weighted by Crippen LogP contribution is -2.23. The van der Waals surface area contributed by atoms with Crippen molar-refractivity contribution < 1.29 is 9.53 Å². The highest BCUT2D eigenvalue weighted by Gasteiger charge is 2.07. The van der Waals surface area contributed by atoms with Gasteiger partial charge in [0.1, 0.15) is 5.01 Å². The summed E-state index contributed by atoms with van der Waals surface area (Å²) in [6, 6.07) is 18.5. The van der Waals surface area contributed by atoms with E-state index in [-0.39, 0.29) is 5.91 Å². The van der Waals surface area contributed by atoms with E-state index in [0.717, 1.165) is 42.2 Å². The molecule has 1 heterocycles. The summed E-state index contributed by atoms with van der Waals surface area (Å²) in [6.07, 6.45) is 1.88. The molecule has 0 saturated heterocycles. The molecule has 0 fully saturated rings. The van der Waals surface area contributed by atoms with Crippen LogP contribution in [0, 0.1) is 0 Å². The van der Waals surface area contributed by atoms with Crippen LogP contribution >= 0.6 is 11.5 Å². The number of amides is 1. The van der Waals surface area contributed by atoms with E-state index in [1.807, 2.05) is 42.5 Å². The molecule has 1 N–H and O–H groups in total. The van der Waals surface area contributed by atoms with Crippen molar-refractivity contribution in [3.8, 4) is 16.6 Å². The van der Waals surface area contributed by atoms with Crippen molar-refractivity contribution in [3.63, 3.8) is 0 Å². The van der Waals surface area contributed by atoms with Gasteiger partial charge in [-0.2, -0.15) is 4.98 Å². The fraction of sp³-hybridized carbons (Fsp3) is 0.318. The third-order valence-corrected chi connectivity index (χ3v) is 5.15. The predicted octanol–water partition coefficient (Wildman–Crippen LogP) is 4.11. The van der Waals surface area contributed by atoms with Crippen molar-refractivity contribution in [3.05, 3.63) is 60.2 Å². The molecule has 0 atom stereocenters. The first kappa shape index (κ1) is 21.0. The Morgan fingerprint density at radius 2 is 1.86 bits per heavy atom. The zero-order valence-electron chi connectivity index (χ0n) is 16.8. The first-order valence-corrected chi connectivity index (χ1v) is 10.4. The van der Waals surface area contributed by atoms with Gasteiger partial charge in [0.25, 0.3) is 0 Å². The monoisotopic (exact) mass is 410 g/mol. The molecule has 3 rings (SSSR count). The summed E-state index contributed by atoms with van der Waals surface area (Å²) in [7, 11) is 2.11. The number of hydrogen-bond acceptors (Lipinski definition) is 6. The highest BCUT2D eigenvalue weighted by Crippen LogP contribution is 2.23. The summed E-state index contributed by atoms with van der Waals surface area (Å²) >= 11 is 1.36. The summed E-state index contributed by atoms with van der Waals surface area (Å²) in [4.78, 5) is 17.8. The molecule has 3 aromatic rings. The summed E-state index contributed by atoms with van der Waals surface area (Å²) in [5, 5.41) is 3.66. The van der Waals surface area contributed by atoms with Gasteiger partial charge in [-0.15, -0.1) is 4.37 Å². The van der Waals surface area contributed by atoms with Crippen molar-refractivity contribution in [1.29, 1.82) is 0 Å². The van der Waals surface area contributed by atoms with Gasteiger partial charge in [-0.25, -0.2) is 0 Å². The minimum atomic E-state index is -0.0520. The lowest BCUT2D eigenvalue weighted by atomic mass is 10.1. The summed E-state index contributed by atoms with van der Waals surface area (Å²) in [5.74, 6) is -0.0520. The molecule has 29 heavy (non-hydrogen) atoms. The van der Waals surface area contributed by atoms with Crippen molar-refractivity contribution >= 4 is 23.1 Å². The molecule has 0 aliphatic rings. The third kappa shape index (κ3) is 6.96. The predicted molar refractivity (Wildman–Crippen MR) is 117 cm³/mol. The van der Waals surface area contributed by atoms with Crippen LogP contribution in [0.1, 0.15) is 18.9 Å². The Morgan fingerprint density at radius 1 is 1.10 bits per heavy atom. The highest BCUT2D eigenvalue weighted by atomic mass is 32.1. The van der Waals surface area contributed by atoms with E-state index in [2.05, 4.69) is 38.8 Å². The van der Waals surface area contributed by atoms with E-state index in [1.165, 1.54) is 24.0 Å². The third-order valence-electron chi connectivity index (χ3n) is 4.40. The summed E-state index contributed by atoms with van der Waals surface area (Å²) < 4.78 is 9.97. The number of nitrogens with zero attached hydrogens (tertiary/aromatic N) is 3. The summed E-state index contributed by atoms with van der Waals surface area (Å²) in [5.41, 5.74) is 3.14. The number of anilines is 1. The van der Waals surface area contributed by atoms with Crippen LogP contribution in [0.2, 0.25) is 0 Å². The second kappa shape index (κ2) is 10.7. The largest absolute Gasteiger partial charge is 0.463 e. The number of rotatable bonds is 10. The van der Waals surface area contributed by atoms with Crippen LogP contribution < -0.4 is 10.1 Å². The average molecular weight is 411 g/mol. The normalized spacial score (nSPS) is 10.9. The Balaban J connectivity index is 1.33. The first-order valence-electron chi connectivity index (χ1n) is 9.67.